The molecule has 4 aliphatic carbocycles. The number of rotatable bonds is 4. The number of carbonyl (C=O) groups excluding carboxylic acids is 1. The molecule has 4 saturated carbocycles. The van der Waals surface area contributed by atoms with Crippen LogP contribution >= 0.6 is 0 Å². The van der Waals surface area contributed by atoms with E-state index in [-0.39, 0.29) is 11.3 Å². The van der Waals surface area contributed by atoms with E-state index < -0.39 is 0 Å². The van der Waals surface area contributed by atoms with E-state index >= 15 is 0 Å². The highest BCUT2D eigenvalue weighted by Gasteiger charge is 2.48. The maximum Gasteiger partial charge on any atom is 0.226 e. The van der Waals surface area contributed by atoms with Gasteiger partial charge in [-0.15, -0.1) is 0 Å². The first-order valence-corrected chi connectivity index (χ1v) is 7.95. The van der Waals surface area contributed by atoms with Gasteiger partial charge in [-0.1, -0.05) is 0 Å². The fraction of sp³-hybridized carbons (Fsp3) is 0.938. The largest absolute Gasteiger partial charge is 0.359 e. The maximum absolute atomic E-state index is 11.9. The summed E-state index contributed by atoms with van der Waals surface area (Å²) in [5.41, 5.74) is -0.302. The van der Waals surface area contributed by atoms with Gasteiger partial charge in [0.05, 0.1) is 5.41 Å². The molecule has 108 valence electrons. The van der Waals surface area contributed by atoms with Crippen LogP contribution in [0.3, 0.4) is 0 Å². The average Bonchev–Trinajstić information content (AvgIpc) is 2.36. The number of hydrogen-bond donors (Lipinski definition) is 2. The first-order valence-electron chi connectivity index (χ1n) is 7.95. The standard InChI is InChI=1S/C16H28N2O/c1-16(2,15(19)17-3)9-18-14-12-5-10-4-11(7-12)8-13(14)6-10/h10-14,18H,4-9H2,1-3H3,(H,17,19). The fourth-order valence-electron chi connectivity index (χ4n) is 5.05. The SMILES string of the molecule is CNC(=O)C(C)(C)CNC1C2CC3CC(C2)CC1C3. The number of carbonyl (C=O) groups is 1. The smallest absolute Gasteiger partial charge is 0.226 e. The van der Waals surface area contributed by atoms with E-state index in [0.717, 1.165) is 30.2 Å². The van der Waals surface area contributed by atoms with Gasteiger partial charge in [-0.25, -0.2) is 0 Å². The van der Waals surface area contributed by atoms with Crippen molar-refractivity contribution in [2.75, 3.05) is 13.6 Å². The molecule has 1 amide bonds. The van der Waals surface area contributed by atoms with Gasteiger partial charge in [-0.2, -0.15) is 0 Å². The van der Waals surface area contributed by atoms with Gasteiger partial charge in [0.15, 0.2) is 0 Å². The lowest BCUT2D eigenvalue weighted by Crippen LogP contribution is -2.56. The minimum absolute atomic E-state index is 0.142. The monoisotopic (exact) mass is 264 g/mol. The summed E-state index contributed by atoms with van der Waals surface area (Å²) in [7, 11) is 1.73. The number of amides is 1. The summed E-state index contributed by atoms with van der Waals surface area (Å²) in [5.74, 6) is 3.96. The molecule has 0 aliphatic heterocycles. The molecule has 0 unspecified atom stereocenters. The summed E-state index contributed by atoms with van der Waals surface area (Å²) in [6, 6.07) is 0.678. The van der Waals surface area contributed by atoms with E-state index in [0.29, 0.717) is 6.04 Å². The molecule has 4 rings (SSSR count). The molecule has 4 bridgehead atoms. The normalized spacial score (nSPS) is 40.5. The van der Waals surface area contributed by atoms with Gasteiger partial charge in [0, 0.05) is 19.6 Å². The van der Waals surface area contributed by atoms with Crippen LogP contribution in [0.5, 0.6) is 0 Å². The molecule has 0 saturated heterocycles. The lowest BCUT2D eigenvalue weighted by atomic mass is 9.54. The Kier molecular flexibility index (Phi) is 3.36. The zero-order valence-electron chi connectivity index (χ0n) is 12.5. The number of hydrogen-bond acceptors (Lipinski definition) is 2. The van der Waals surface area contributed by atoms with Crippen LogP contribution in [0.25, 0.3) is 0 Å². The van der Waals surface area contributed by atoms with Gasteiger partial charge in [0.2, 0.25) is 5.91 Å². The van der Waals surface area contributed by atoms with Gasteiger partial charge in [0.25, 0.3) is 0 Å². The van der Waals surface area contributed by atoms with E-state index in [1.54, 1.807) is 7.05 Å². The van der Waals surface area contributed by atoms with Crippen molar-refractivity contribution in [3.05, 3.63) is 0 Å². The molecule has 19 heavy (non-hydrogen) atoms. The van der Waals surface area contributed by atoms with Crippen LogP contribution in [-0.4, -0.2) is 25.5 Å². The Morgan fingerprint density at radius 3 is 2.05 bits per heavy atom. The third-order valence-electron chi connectivity index (χ3n) is 5.85. The average molecular weight is 264 g/mol. The van der Waals surface area contributed by atoms with Crippen LogP contribution in [0.4, 0.5) is 0 Å². The van der Waals surface area contributed by atoms with Crippen molar-refractivity contribution >= 4 is 5.91 Å². The lowest BCUT2D eigenvalue weighted by Gasteiger charge is -2.55. The molecule has 0 aromatic rings. The Hall–Kier alpha value is -0.570. The van der Waals surface area contributed by atoms with Gasteiger partial charge < -0.3 is 10.6 Å². The zero-order valence-corrected chi connectivity index (χ0v) is 12.5. The van der Waals surface area contributed by atoms with Crippen LogP contribution in [0.1, 0.15) is 46.0 Å². The molecule has 2 N–H and O–H groups in total. The molecule has 4 fully saturated rings. The summed E-state index contributed by atoms with van der Waals surface area (Å²) >= 11 is 0. The second-order valence-corrected chi connectivity index (χ2v) is 7.80. The van der Waals surface area contributed by atoms with Crippen LogP contribution < -0.4 is 10.6 Å². The first-order chi connectivity index (χ1) is 8.99. The Morgan fingerprint density at radius 2 is 1.58 bits per heavy atom. The predicted molar refractivity (Wildman–Crippen MR) is 76.7 cm³/mol. The topological polar surface area (TPSA) is 41.1 Å². The third kappa shape index (κ3) is 2.42. The molecular weight excluding hydrogens is 236 g/mol. The third-order valence-corrected chi connectivity index (χ3v) is 5.85. The predicted octanol–water partition coefficient (Wildman–Crippen LogP) is 2.17. The molecule has 3 heteroatoms. The summed E-state index contributed by atoms with van der Waals surface area (Å²) < 4.78 is 0. The van der Waals surface area contributed by atoms with Gasteiger partial charge in [0.1, 0.15) is 0 Å². The van der Waals surface area contributed by atoms with Crippen molar-refractivity contribution in [1.29, 1.82) is 0 Å². The minimum Gasteiger partial charge on any atom is -0.359 e. The Bertz CT molecular complexity index is 336. The van der Waals surface area contributed by atoms with Gasteiger partial charge >= 0.3 is 0 Å². The van der Waals surface area contributed by atoms with Gasteiger partial charge in [-0.05, 0) is 69.6 Å². The summed E-state index contributed by atoms with van der Waals surface area (Å²) in [5, 5.41) is 6.54. The molecule has 4 aliphatic rings. The highest BCUT2D eigenvalue weighted by molar-refractivity contribution is 5.81. The summed E-state index contributed by atoms with van der Waals surface area (Å²) in [4.78, 5) is 11.9. The van der Waals surface area contributed by atoms with Crippen molar-refractivity contribution in [3.63, 3.8) is 0 Å². The van der Waals surface area contributed by atoms with Crippen LogP contribution in [0.2, 0.25) is 0 Å². The molecule has 0 heterocycles. The first kappa shape index (κ1) is 13.4. The fourth-order valence-corrected chi connectivity index (χ4v) is 5.05. The minimum atomic E-state index is -0.302. The Labute approximate surface area is 116 Å². The molecule has 0 aromatic heterocycles. The maximum atomic E-state index is 11.9. The number of nitrogens with one attached hydrogen (secondary N) is 2. The molecule has 0 aromatic carbocycles. The van der Waals surface area contributed by atoms with Crippen LogP contribution in [0.15, 0.2) is 0 Å². The van der Waals surface area contributed by atoms with Crippen LogP contribution in [-0.2, 0) is 4.79 Å². The van der Waals surface area contributed by atoms with Gasteiger partial charge in [-0.3, -0.25) is 4.79 Å². The second kappa shape index (κ2) is 4.76. The van der Waals surface area contributed by atoms with E-state index in [1.807, 2.05) is 13.8 Å². The highest BCUT2D eigenvalue weighted by atomic mass is 16.2. The Balaban J connectivity index is 1.60. The summed E-state index contributed by atoms with van der Waals surface area (Å²) in [6.07, 6.45) is 7.25. The molecule has 0 atom stereocenters. The molecule has 0 radical (unpaired) electrons. The molecule has 3 nitrogen and oxygen atoms in total. The van der Waals surface area contributed by atoms with Crippen molar-refractivity contribution in [1.82, 2.24) is 10.6 Å². The summed E-state index contributed by atoms with van der Waals surface area (Å²) in [6.45, 7) is 4.88. The van der Waals surface area contributed by atoms with E-state index in [2.05, 4.69) is 10.6 Å². The molecule has 0 spiro atoms. The van der Waals surface area contributed by atoms with Crippen molar-refractivity contribution in [2.45, 2.75) is 52.0 Å². The molecular formula is C16H28N2O. The second-order valence-electron chi connectivity index (χ2n) is 7.80. The van der Waals surface area contributed by atoms with Crippen LogP contribution in [0, 0.1) is 29.1 Å². The Morgan fingerprint density at radius 1 is 1.05 bits per heavy atom. The highest BCUT2D eigenvalue weighted by Crippen LogP contribution is 2.53. The van der Waals surface area contributed by atoms with E-state index in [1.165, 1.54) is 32.1 Å². The zero-order chi connectivity index (χ0) is 13.6. The van der Waals surface area contributed by atoms with Crippen molar-refractivity contribution < 1.29 is 4.79 Å². The van der Waals surface area contributed by atoms with E-state index in [4.69, 9.17) is 0 Å². The quantitative estimate of drug-likeness (QED) is 0.817. The van der Waals surface area contributed by atoms with Crippen molar-refractivity contribution in [3.8, 4) is 0 Å². The lowest BCUT2D eigenvalue weighted by molar-refractivity contribution is -0.129. The van der Waals surface area contributed by atoms with Crippen molar-refractivity contribution in [2.24, 2.45) is 29.1 Å². The van der Waals surface area contributed by atoms with E-state index in [9.17, 15) is 4.79 Å².